The second kappa shape index (κ2) is 6.07. The first-order chi connectivity index (χ1) is 8.70. The predicted molar refractivity (Wildman–Crippen MR) is 68.8 cm³/mol. The van der Waals surface area contributed by atoms with Gasteiger partial charge in [0.25, 0.3) is 0 Å². The quantitative estimate of drug-likeness (QED) is 0.804. The Morgan fingerprint density at radius 3 is 2.94 bits per heavy atom. The van der Waals surface area contributed by atoms with Crippen LogP contribution in [0.5, 0.6) is 5.75 Å². The molecule has 1 N–H and O–H groups in total. The van der Waals surface area contributed by atoms with Crippen LogP contribution in [0.15, 0.2) is 18.2 Å². The van der Waals surface area contributed by atoms with Crippen molar-refractivity contribution < 1.29 is 14.3 Å². The first-order valence-electron chi connectivity index (χ1n) is 5.91. The van der Waals surface area contributed by atoms with Crippen molar-refractivity contribution >= 4 is 17.6 Å². The minimum atomic E-state index is -0.406. The number of carbonyl (C=O) groups excluding carboxylic acids is 1. The van der Waals surface area contributed by atoms with E-state index in [1.54, 1.807) is 12.1 Å². The summed E-state index contributed by atoms with van der Waals surface area (Å²) in [6, 6.07) is 6.01. The highest BCUT2D eigenvalue weighted by Gasteiger charge is 2.21. The lowest BCUT2D eigenvalue weighted by Crippen LogP contribution is -2.18. The summed E-state index contributed by atoms with van der Waals surface area (Å²) in [5.74, 6) is 0.220. The third kappa shape index (κ3) is 3.62. The highest BCUT2D eigenvalue weighted by Crippen LogP contribution is 2.28. The van der Waals surface area contributed by atoms with Crippen LogP contribution in [-0.2, 0) is 16.1 Å². The topological polar surface area (TPSA) is 47.6 Å². The number of nitrogens with one attached hydrogen (secondary N) is 1. The minimum Gasteiger partial charge on any atom is -0.482 e. The average Bonchev–Trinajstić information content (AvgIpc) is 3.18. The fraction of sp³-hybridized carbons (Fsp3) is 0.462. The van der Waals surface area contributed by atoms with Crippen LogP contribution in [0, 0.1) is 0 Å². The van der Waals surface area contributed by atoms with Gasteiger partial charge in [0.1, 0.15) is 5.75 Å². The zero-order valence-corrected chi connectivity index (χ0v) is 11.0. The van der Waals surface area contributed by atoms with Gasteiger partial charge in [-0.05, 0) is 25.0 Å². The number of carbonyl (C=O) groups is 1. The van der Waals surface area contributed by atoms with E-state index in [-0.39, 0.29) is 6.61 Å². The molecule has 98 valence electrons. The van der Waals surface area contributed by atoms with E-state index in [9.17, 15) is 4.79 Å². The number of methoxy groups -OCH3 is 1. The molecule has 0 aliphatic heterocycles. The fourth-order valence-corrected chi connectivity index (χ4v) is 1.81. The van der Waals surface area contributed by atoms with Gasteiger partial charge in [-0.15, -0.1) is 0 Å². The van der Waals surface area contributed by atoms with E-state index in [0.717, 1.165) is 5.56 Å². The first-order valence-corrected chi connectivity index (χ1v) is 6.29. The zero-order chi connectivity index (χ0) is 13.0. The maximum atomic E-state index is 11.1. The summed E-state index contributed by atoms with van der Waals surface area (Å²) >= 11 is 6.15. The van der Waals surface area contributed by atoms with Crippen molar-refractivity contribution in [2.75, 3.05) is 13.7 Å². The molecule has 1 aliphatic rings. The molecule has 1 fully saturated rings. The molecule has 0 aromatic heterocycles. The monoisotopic (exact) mass is 269 g/mol. The lowest BCUT2D eigenvalue weighted by Gasteiger charge is -2.12. The Bertz CT molecular complexity index is 432. The standard InChI is InChI=1S/C13H16ClNO3/c1-17-13(16)8-18-12-4-2-3-11(14)10(12)7-15-9-5-6-9/h2-4,9,15H,5-8H2,1H3. The molecule has 0 unspecified atom stereocenters. The van der Waals surface area contributed by atoms with Gasteiger partial charge in [-0.1, -0.05) is 17.7 Å². The summed E-state index contributed by atoms with van der Waals surface area (Å²) in [5, 5.41) is 4.02. The predicted octanol–water partition coefficient (Wildman–Crippen LogP) is 2.14. The van der Waals surface area contributed by atoms with Crippen LogP contribution in [0.4, 0.5) is 0 Å². The number of hydrogen-bond donors (Lipinski definition) is 1. The molecule has 1 saturated carbocycles. The van der Waals surface area contributed by atoms with Gasteiger partial charge >= 0.3 is 5.97 Å². The summed E-state index contributed by atoms with van der Waals surface area (Å²) in [7, 11) is 1.33. The van der Waals surface area contributed by atoms with Gasteiger partial charge in [-0.3, -0.25) is 0 Å². The lowest BCUT2D eigenvalue weighted by molar-refractivity contribution is -0.142. The largest absolute Gasteiger partial charge is 0.482 e. The van der Waals surface area contributed by atoms with Crippen molar-refractivity contribution in [2.45, 2.75) is 25.4 Å². The maximum absolute atomic E-state index is 11.1. The van der Waals surface area contributed by atoms with Gasteiger partial charge in [0, 0.05) is 23.2 Å². The molecule has 4 nitrogen and oxygen atoms in total. The summed E-state index contributed by atoms with van der Waals surface area (Å²) in [4.78, 5) is 11.1. The van der Waals surface area contributed by atoms with Crippen molar-refractivity contribution in [2.24, 2.45) is 0 Å². The number of hydrogen-bond acceptors (Lipinski definition) is 4. The molecule has 1 aromatic rings. The molecular formula is C13H16ClNO3. The van der Waals surface area contributed by atoms with Crippen LogP contribution in [0.2, 0.25) is 5.02 Å². The Balaban J connectivity index is 2.01. The molecule has 1 aliphatic carbocycles. The molecule has 5 heteroatoms. The normalized spacial score (nSPS) is 14.3. The molecule has 0 bridgehead atoms. The number of esters is 1. The van der Waals surface area contributed by atoms with E-state index in [4.69, 9.17) is 16.3 Å². The Morgan fingerprint density at radius 2 is 2.28 bits per heavy atom. The molecular weight excluding hydrogens is 254 g/mol. The Hall–Kier alpha value is -1.26. The molecule has 2 rings (SSSR count). The van der Waals surface area contributed by atoms with E-state index < -0.39 is 5.97 Å². The summed E-state index contributed by atoms with van der Waals surface area (Å²) in [5.41, 5.74) is 0.884. The van der Waals surface area contributed by atoms with Gasteiger partial charge in [-0.2, -0.15) is 0 Å². The molecule has 0 heterocycles. The van der Waals surface area contributed by atoms with Crippen LogP contribution in [0.25, 0.3) is 0 Å². The Labute approximate surface area is 111 Å². The SMILES string of the molecule is COC(=O)COc1cccc(Cl)c1CNC1CC1. The third-order valence-corrected chi connectivity index (χ3v) is 3.15. The van der Waals surface area contributed by atoms with Crippen LogP contribution in [0.3, 0.4) is 0 Å². The molecule has 18 heavy (non-hydrogen) atoms. The highest BCUT2D eigenvalue weighted by atomic mass is 35.5. The highest BCUT2D eigenvalue weighted by molar-refractivity contribution is 6.31. The number of ether oxygens (including phenoxy) is 2. The smallest absolute Gasteiger partial charge is 0.343 e. The van der Waals surface area contributed by atoms with Gasteiger partial charge in [0.05, 0.1) is 7.11 Å². The van der Waals surface area contributed by atoms with Crippen LogP contribution in [-0.4, -0.2) is 25.7 Å². The molecule has 0 amide bonds. The van der Waals surface area contributed by atoms with E-state index in [2.05, 4.69) is 10.1 Å². The summed E-state index contributed by atoms with van der Waals surface area (Å²) < 4.78 is 9.96. The van der Waals surface area contributed by atoms with E-state index in [1.807, 2.05) is 6.07 Å². The Morgan fingerprint density at radius 1 is 1.50 bits per heavy atom. The minimum absolute atomic E-state index is 0.104. The first kappa shape index (κ1) is 13.2. The summed E-state index contributed by atoms with van der Waals surface area (Å²) in [6.45, 7) is 0.550. The average molecular weight is 270 g/mol. The van der Waals surface area contributed by atoms with Crippen molar-refractivity contribution in [3.63, 3.8) is 0 Å². The molecule has 0 radical (unpaired) electrons. The fourth-order valence-electron chi connectivity index (χ4n) is 1.58. The number of benzene rings is 1. The maximum Gasteiger partial charge on any atom is 0.343 e. The molecule has 1 aromatic carbocycles. The van der Waals surface area contributed by atoms with Crippen LogP contribution in [0.1, 0.15) is 18.4 Å². The van der Waals surface area contributed by atoms with E-state index >= 15 is 0 Å². The van der Waals surface area contributed by atoms with Crippen LogP contribution < -0.4 is 10.1 Å². The van der Waals surface area contributed by atoms with Gasteiger partial charge in [0.15, 0.2) is 6.61 Å². The van der Waals surface area contributed by atoms with Gasteiger partial charge in [-0.25, -0.2) is 4.79 Å². The lowest BCUT2D eigenvalue weighted by atomic mass is 10.2. The molecule has 0 atom stereocenters. The molecule has 0 spiro atoms. The second-order valence-corrected chi connectivity index (χ2v) is 4.64. The third-order valence-electron chi connectivity index (χ3n) is 2.79. The molecule has 0 saturated heterocycles. The zero-order valence-electron chi connectivity index (χ0n) is 10.2. The van der Waals surface area contributed by atoms with Crippen molar-refractivity contribution in [1.29, 1.82) is 0 Å². The van der Waals surface area contributed by atoms with Gasteiger partial charge in [0.2, 0.25) is 0 Å². The number of rotatable bonds is 6. The van der Waals surface area contributed by atoms with E-state index in [1.165, 1.54) is 20.0 Å². The van der Waals surface area contributed by atoms with Crippen molar-refractivity contribution in [3.8, 4) is 5.75 Å². The van der Waals surface area contributed by atoms with E-state index in [0.29, 0.717) is 23.4 Å². The summed E-state index contributed by atoms with van der Waals surface area (Å²) in [6.07, 6.45) is 2.42. The second-order valence-electron chi connectivity index (χ2n) is 4.24. The Kier molecular flexibility index (Phi) is 4.44. The van der Waals surface area contributed by atoms with Crippen LogP contribution >= 0.6 is 11.6 Å². The van der Waals surface area contributed by atoms with Crippen molar-refractivity contribution in [1.82, 2.24) is 5.32 Å². The number of halogens is 1. The van der Waals surface area contributed by atoms with Gasteiger partial charge < -0.3 is 14.8 Å². The van der Waals surface area contributed by atoms with Crippen molar-refractivity contribution in [3.05, 3.63) is 28.8 Å².